The van der Waals surface area contributed by atoms with E-state index >= 15 is 0 Å². The summed E-state index contributed by atoms with van der Waals surface area (Å²) in [6, 6.07) is 3.49. The molecule has 96 valence electrons. The van der Waals surface area contributed by atoms with Crippen LogP contribution in [0.3, 0.4) is 0 Å². The molecule has 0 aromatic carbocycles. The van der Waals surface area contributed by atoms with Crippen molar-refractivity contribution in [1.29, 1.82) is 0 Å². The Balaban J connectivity index is 2.02. The zero-order valence-electron chi connectivity index (χ0n) is 9.94. The summed E-state index contributed by atoms with van der Waals surface area (Å²) in [6.07, 6.45) is 2.43. The monoisotopic (exact) mass is 250 g/mol. The van der Waals surface area contributed by atoms with Crippen LogP contribution in [0.5, 0.6) is 0 Å². The molecule has 6 heteroatoms. The maximum absolute atomic E-state index is 12.1. The van der Waals surface area contributed by atoms with Gasteiger partial charge in [-0.05, 0) is 25.0 Å². The molecule has 0 aliphatic carbocycles. The number of carboxylic acid groups (broad SMARTS) is 1. The highest BCUT2D eigenvalue weighted by Crippen LogP contribution is 2.23. The van der Waals surface area contributed by atoms with E-state index in [1.807, 2.05) is 0 Å². The van der Waals surface area contributed by atoms with E-state index in [4.69, 9.17) is 9.84 Å². The number of nitrogens with zero attached hydrogens (tertiary/aromatic N) is 2. The molecular formula is C12H14N2O4. The third-order valence-electron chi connectivity index (χ3n) is 2.93. The molecule has 6 nitrogen and oxygen atoms in total. The Kier molecular flexibility index (Phi) is 3.57. The van der Waals surface area contributed by atoms with E-state index in [1.54, 1.807) is 31.6 Å². The number of likely N-dealkylation sites (N-methyl/N-ethyl adjacent to an activating group) is 1. The Bertz CT molecular complexity index is 449. The van der Waals surface area contributed by atoms with Crippen LogP contribution < -0.4 is 4.90 Å². The number of ether oxygens (including phenoxy) is 1. The molecule has 0 unspecified atom stereocenters. The summed E-state index contributed by atoms with van der Waals surface area (Å²) in [5.41, 5.74) is 0.657. The molecule has 2 rings (SSSR count). The van der Waals surface area contributed by atoms with Gasteiger partial charge in [-0.3, -0.25) is 9.78 Å². The Morgan fingerprint density at radius 1 is 1.44 bits per heavy atom. The highest BCUT2D eigenvalue weighted by Gasteiger charge is 2.36. The molecule has 1 aromatic rings. The number of carbonyl (C=O) groups excluding carboxylic acids is 1. The lowest BCUT2D eigenvalue weighted by Crippen LogP contribution is -2.37. The van der Waals surface area contributed by atoms with E-state index in [0.717, 1.165) is 0 Å². The summed E-state index contributed by atoms with van der Waals surface area (Å²) in [4.78, 5) is 28.2. The van der Waals surface area contributed by atoms with E-state index in [2.05, 4.69) is 4.98 Å². The first kappa shape index (κ1) is 12.5. The van der Waals surface area contributed by atoms with Gasteiger partial charge < -0.3 is 14.7 Å². The lowest BCUT2D eigenvalue weighted by atomic mass is 10.2. The van der Waals surface area contributed by atoms with E-state index in [1.165, 1.54) is 4.90 Å². The van der Waals surface area contributed by atoms with Gasteiger partial charge in [0.05, 0.1) is 11.9 Å². The Morgan fingerprint density at radius 2 is 2.17 bits per heavy atom. The third kappa shape index (κ3) is 2.48. The number of aromatic nitrogens is 1. The fraction of sp³-hybridized carbons (Fsp3) is 0.417. The quantitative estimate of drug-likeness (QED) is 0.853. The van der Waals surface area contributed by atoms with Gasteiger partial charge in [0.1, 0.15) is 6.10 Å². The van der Waals surface area contributed by atoms with Gasteiger partial charge in [-0.2, -0.15) is 0 Å². The van der Waals surface area contributed by atoms with Crippen LogP contribution in [-0.2, 0) is 14.3 Å². The molecule has 1 fully saturated rings. The molecule has 1 aliphatic heterocycles. The van der Waals surface area contributed by atoms with E-state index in [-0.39, 0.29) is 5.91 Å². The molecule has 0 saturated carbocycles. The number of amides is 1. The summed E-state index contributed by atoms with van der Waals surface area (Å²) in [6.45, 7) is 0. The number of hydrogen-bond donors (Lipinski definition) is 1. The predicted octanol–water partition coefficient (Wildman–Crippen LogP) is 0.677. The molecule has 2 atom stereocenters. The Hall–Kier alpha value is -1.95. The van der Waals surface area contributed by atoms with Crippen molar-refractivity contribution in [2.45, 2.75) is 25.0 Å². The maximum Gasteiger partial charge on any atom is 0.332 e. The maximum atomic E-state index is 12.1. The summed E-state index contributed by atoms with van der Waals surface area (Å²) >= 11 is 0. The van der Waals surface area contributed by atoms with Crippen LogP contribution in [0.25, 0.3) is 0 Å². The molecule has 0 radical (unpaired) electrons. The number of anilines is 1. The minimum atomic E-state index is -1.02. The van der Waals surface area contributed by atoms with Gasteiger partial charge in [-0.25, -0.2) is 4.79 Å². The molecule has 18 heavy (non-hydrogen) atoms. The van der Waals surface area contributed by atoms with Crippen LogP contribution >= 0.6 is 0 Å². The number of carboxylic acids is 1. The van der Waals surface area contributed by atoms with Crippen LogP contribution in [0, 0.1) is 0 Å². The topological polar surface area (TPSA) is 79.7 Å². The SMILES string of the molecule is CN(C(=O)[C@@H]1CC[C@H](C(=O)O)O1)c1cccnc1. The largest absolute Gasteiger partial charge is 0.479 e. The first-order valence-electron chi connectivity index (χ1n) is 5.65. The van der Waals surface area contributed by atoms with Crippen LogP contribution in [0.4, 0.5) is 5.69 Å². The van der Waals surface area contributed by atoms with Gasteiger partial charge in [0, 0.05) is 13.2 Å². The van der Waals surface area contributed by atoms with Gasteiger partial charge in [0.15, 0.2) is 6.10 Å². The van der Waals surface area contributed by atoms with Crippen LogP contribution in [-0.4, -0.2) is 41.2 Å². The molecule has 0 spiro atoms. The highest BCUT2D eigenvalue weighted by atomic mass is 16.5. The molecule has 1 aliphatic rings. The molecule has 1 N–H and O–H groups in total. The van der Waals surface area contributed by atoms with Gasteiger partial charge in [-0.1, -0.05) is 0 Å². The fourth-order valence-corrected chi connectivity index (χ4v) is 1.90. The van der Waals surface area contributed by atoms with Crippen molar-refractivity contribution >= 4 is 17.6 Å². The second-order valence-electron chi connectivity index (χ2n) is 4.14. The van der Waals surface area contributed by atoms with Crippen LogP contribution in [0.1, 0.15) is 12.8 Å². The van der Waals surface area contributed by atoms with Crippen molar-refractivity contribution in [3.05, 3.63) is 24.5 Å². The Morgan fingerprint density at radius 3 is 2.72 bits per heavy atom. The molecule has 1 saturated heterocycles. The second-order valence-corrected chi connectivity index (χ2v) is 4.14. The minimum Gasteiger partial charge on any atom is -0.479 e. The zero-order valence-corrected chi connectivity index (χ0v) is 9.94. The number of carbonyl (C=O) groups is 2. The van der Waals surface area contributed by atoms with Gasteiger partial charge in [0.2, 0.25) is 0 Å². The molecule has 1 amide bonds. The minimum absolute atomic E-state index is 0.244. The summed E-state index contributed by atoms with van der Waals surface area (Å²) in [7, 11) is 1.62. The van der Waals surface area contributed by atoms with E-state index < -0.39 is 18.2 Å². The predicted molar refractivity (Wildman–Crippen MR) is 63.2 cm³/mol. The number of aliphatic carboxylic acids is 1. The zero-order chi connectivity index (χ0) is 13.1. The highest BCUT2D eigenvalue weighted by molar-refractivity contribution is 5.96. The Labute approximate surface area is 104 Å². The normalized spacial score (nSPS) is 22.7. The molecular weight excluding hydrogens is 236 g/mol. The van der Waals surface area contributed by atoms with Crippen molar-refractivity contribution in [1.82, 2.24) is 4.98 Å². The average molecular weight is 250 g/mol. The summed E-state index contributed by atoms with van der Waals surface area (Å²) in [5.74, 6) is -1.26. The summed E-state index contributed by atoms with van der Waals surface area (Å²) in [5, 5.41) is 8.81. The van der Waals surface area contributed by atoms with Gasteiger partial charge in [-0.15, -0.1) is 0 Å². The lowest BCUT2D eigenvalue weighted by molar-refractivity contribution is -0.151. The molecule has 1 aromatic heterocycles. The van der Waals surface area contributed by atoms with Crippen molar-refractivity contribution < 1.29 is 19.4 Å². The van der Waals surface area contributed by atoms with Gasteiger partial charge >= 0.3 is 5.97 Å². The molecule has 2 heterocycles. The van der Waals surface area contributed by atoms with Crippen molar-refractivity contribution in [3.63, 3.8) is 0 Å². The first-order chi connectivity index (χ1) is 8.59. The van der Waals surface area contributed by atoms with Crippen molar-refractivity contribution in [2.24, 2.45) is 0 Å². The lowest BCUT2D eigenvalue weighted by Gasteiger charge is -2.20. The summed E-state index contributed by atoms with van der Waals surface area (Å²) < 4.78 is 5.22. The third-order valence-corrected chi connectivity index (χ3v) is 2.93. The molecule has 0 bridgehead atoms. The number of rotatable bonds is 3. The first-order valence-corrected chi connectivity index (χ1v) is 5.65. The van der Waals surface area contributed by atoms with E-state index in [0.29, 0.717) is 18.5 Å². The number of pyridine rings is 1. The van der Waals surface area contributed by atoms with Crippen LogP contribution in [0.15, 0.2) is 24.5 Å². The smallest absolute Gasteiger partial charge is 0.332 e. The van der Waals surface area contributed by atoms with Crippen molar-refractivity contribution in [2.75, 3.05) is 11.9 Å². The average Bonchev–Trinajstić information content (AvgIpc) is 2.88. The van der Waals surface area contributed by atoms with Gasteiger partial charge in [0.25, 0.3) is 5.91 Å². The van der Waals surface area contributed by atoms with E-state index in [9.17, 15) is 9.59 Å². The van der Waals surface area contributed by atoms with Crippen LogP contribution in [0.2, 0.25) is 0 Å². The fourth-order valence-electron chi connectivity index (χ4n) is 1.90. The standard InChI is InChI=1S/C12H14N2O4/c1-14(8-3-2-6-13-7-8)11(15)9-4-5-10(18-9)12(16)17/h2-3,6-7,9-10H,4-5H2,1H3,(H,16,17)/t9-,10+/m0/s1. The number of hydrogen-bond acceptors (Lipinski definition) is 4. The van der Waals surface area contributed by atoms with Crippen molar-refractivity contribution in [3.8, 4) is 0 Å². The second kappa shape index (κ2) is 5.14.